The fourth-order valence-corrected chi connectivity index (χ4v) is 3.86. The molecule has 33 heavy (non-hydrogen) atoms. The molecular weight excluding hydrogens is 455 g/mol. The molecule has 5 heteroatoms. The van der Waals surface area contributed by atoms with E-state index < -0.39 is 5.97 Å². The highest BCUT2D eigenvalue weighted by atomic mass is 35.5. The molecule has 0 aliphatic carbocycles. The molecule has 0 fully saturated rings. The Morgan fingerprint density at radius 2 is 1.61 bits per heavy atom. The van der Waals surface area contributed by atoms with Crippen molar-refractivity contribution in [3.63, 3.8) is 0 Å². The van der Waals surface area contributed by atoms with Crippen LogP contribution >= 0.6 is 23.2 Å². The van der Waals surface area contributed by atoms with E-state index >= 15 is 0 Å². The van der Waals surface area contributed by atoms with Crippen molar-refractivity contribution in [3.8, 4) is 11.5 Å². The van der Waals surface area contributed by atoms with Gasteiger partial charge in [0, 0.05) is 16.1 Å². The smallest absolute Gasteiger partial charge is 0.336 e. The molecule has 0 amide bonds. The van der Waals surface area contributed by atoms with Gasteiger partial charge in [0.25, 0.3) is 0 Å². The average Bonchev–Trinajstić information content (AvgIpc) is 2.82. The number of esters is 1. The first-order valence-corrected chi connectivity index (χ1v) is 11.0. The summed E-state index contributed by atoms with van der Waals surface area (Å²) in [5.74, 6) is 0.247. The summed E-state index contributed by atoms with van der Waals surface area (Å²) in [7, 11) is 1.54. The van der Waals surface area contributed by atoms with Gasteiger partial charge in [-0.25, -0.2) is 4.79 Å². The topological polar surface area (TPSA) is 35.5 Å². The van der Waals surface area contributed by atoms with Gasteiger partial charge in [0.15, 0.2) is 11.5 Å². The number of halogens is 2. The van der Waals surface area contributed by atoms with Gasteiger partial charge in [-0.15, -0.1) is 0 Å². The highest BCUT2D eigenvalue weighted by Crippen LogP contribution is 2.30. The van der Waals surface area contributed by atoms with Gasteiger partial charge in [0.05, 0.1) is 7.11 Å². The molecule has 0 unspecified atom stereocenters. The average molecular weight is 475 g/mol. The molecule has 4 aromatic rings. The quantitative estimate of drug-likeness (QED) is 0.123. The highest BCUT2D eigenvalue weighted by molar-refractivity contribution is 6.35. The first-order valence-electron chi connectivity index (χ1n) is 10.2. The molecule has 164 valence electrons. The normalized spacial score (nSPS) is 11.4. The second kappa shape index (κ2) is 10.4. The SMILES string of the molecule is COc1cc(/C=C/c2cccc3ccccc23)ccc1OC(=O)/C=C/c1ccc(Cl)cc1Cl. The molecule has 0 radical (unpaired) electrons. The Labute approximate surface area is 202 Å². The lowest BCUT2D eigenvalue weighted by molar-refractivity contribution is -0.129. The van der Waals surface area contributed by atoms with E-state index in [9.17, 15) is 4.79 Å². The predicted molar refractivity (Wildman–Crippen MR) is 137 cm³/mol. The summed E-state index contributed by atoms with van der Waals surface area (Å²) in [6.07, 6.45) is 6.94. The highest BCUT2D eigenvalue weighted by Gasteiger charge is 2.09. The Morgan fingerprint density at radius 1 is 0.788 bits per heavy atom. The summed E-state index contributed by atoms with van der Waals surface area (Å²) < 4.78 is 10.9. The van der Waals surface area contributed by atoms with Crippen molar-refractivity contribution in [2.75, 3.05) is 7.11 Å². The van der Waals surface area contributed by atoms with Crippen LogP contribution in [0.15, 0.2) is 84.9 Å². The molecule has 0 aliphatic heterocycles. The second-order valence-corrected chi connectivity index (χ2v) is 8.08. The molecule has 0 saturated heterocycles. The van der Waals surface area contributed by atoms with Gasteiger partial charge in [-0.3, -0.25) is 0 Å². The fourth-order valence-electron chi connectivity index (χ4n) is 3.39. The summed E-state index contributed by atoms with van der Waals surface area (Å²) in [4.78, 5) is 12.3. The monoisotopic (exact) mass is 474 g/mol. The van der Waals surface area contributed by atoms with Crippen molar-refractivity contribution < 1.29 is 14.3 Å². The largest absolute Gasteiger partial charge is 0.493 e. The minimum atomic E-state index is -0.543. The van der Waals surface area contributed by atoms with E-state index in [4.69, 9.17) is 32.7 Å². The standard InChI is InChI=1S/C28H20Cl2O3/c1-32-27-17-19(9-11-21-7-4-6-20-5-2-3-8-24(20)21)10-15-26(27)33-28(31)16-13-22-12-14-23(29)18-25(22)30/h2-18H,1H3/b11-9+,16-13+. The second-order valence-electron chi connectivity index (χ2n) is 7.23. The lowest BCUT2D eigenvalue weighted by Gasteiger charge is -2.09. The van der Waals surface area contributed by atoms with Crippen LogP contribution in [-0.2, 0) is 4.79 Å². The number of ether oxygens (including phenoxy) is 2. The van der Waals surface area contributed by atoms with E-state index in [0.717, 1.165) is 11.1 Å². The molecule has 3 nitrogen and oxygen atoms in total. The molecule has 0 saturated carbocycles. The maximum atomic E-state index is 12.3. The maximum Gasteiger partial charge on any atom is 0.336 e. The fraction of sp³-hybridized carbons (Fsp3) is 0.0357. The Kier molecular flexibility index (Phi) is 7.13. The molecule has 0 atom stereocenters. The Morgan fingerprint density at radius 3 is 2.42 bits per heavy atom. The van der Waals surface area contributed by atoms with Crippen molar-refractivity contribution in [1.82, 2.24) is 0 Å². The molecule has 0 aliphatic rings. The maximum absolute atomic E-state index is 12.3. The summed E-state index contributed by atoms with van der Waals surface area (Å²) >= 11 is 12.0. The zero-order chi connectivity index (χ0) is 23.2. The number of rotatable bonds is 6. The van der Waals surface area contributed by atoms with E-state index in [1.165, 1.54) is 24.0 Å². The van der Waals surface area contributed by atoms with Crippen LogP contribution in [0.3, 0.4) is 0 Å². The molecular formula is C28H20Cl2O3. The summed E-state index contributed by atoms with van der Waals surface area (Å²) in [5, 5.41) is 3.35. The minimum absolute atomic E-state index is 0.330. The Bertz CT molecular complexity index is 1370. The lowest BCUT2D eigenvalue weighted by Crippen LogP contribution is -2.05. The number of benzene rings is 4. The number of fused-ring (bicyclic) bond motifs is 1. The number of hydrogen-bond donors (Lipinski definition) is 0. The van der Waals surface area contributed by atoms with Gasteiger partial charge in [-0.05, 0) is 57.8 Å². The number of hydrogen-bond acceptors (Lipinski definition) is 3. The molecule has 0 N–H and O–H groups in total. The van der Waals surface area contributed by atoms with Crippen LogP contribution in [0.25, 0.3) is 29.0 Å². The third kappa shape index (κ3) is 5.64. The van der Waals surface area contributed by atoms with E-state index in [-0.39, 0.29) is 0 Å². The summed E-state index contributed by atoms with van der Waals surface area (Å²) in [5.41, 5.74) is 2.70. The number of carbonyl (C=O) groups excluding carboxylic acids is 1. The third-order valence-electron chi connectivity index (χ3n) is 5.04. The van der Waals surface area contributed by atoms with E-state index in [1.807, 2.05) is 36.4 Å². The van der Waals surface area contributed by atoms with Gasteiger partial charge in [-0.1, -0.05) is 90.0 Å². The van der Waals surface area contributed by atoms with Gasteiger partial charge in [0.2, 0.25) is 0 Å². The van der Waals surface area contributed by atoms with E-state index in [0.29, 0.717) is 27.1 Å². The summed E-state index contributed by atoms with van der Waals surface area (Å²) in [6, 6.07) is 24.9. The van der Waals surface area contributed by atoms with Crippen molar-refractivity contribution >= 4 is 58.2 Å². The van der Waals surface area contributed by atoms with E-state index in [1.54, 1.807) is 30.3 Å². The molecule has 4 rings (SSSR count). The molecule has 0 bridgehead atoms. The lowest BCUT2D eigenvalue weighted by atomic mass is 10.0. The molecule has 0 heterocycles. The first-order chi connectivity index (χ1) is 16.0. The van der Waals surface area contributed by atoms with Crippen LogP contribution in [-0.4, -0.2) is 13.1 Å². The Balaban J connectivity index is 1.50. The van der Waals surface area contributed by atoms with Crippen LogP contribution < -0.4 is 9.47 Å². The van der Waals surface area contributed by atoms with Crippen molar-refractivity contribution in [1.29, 1.82) is 0 Å². The van der Waals surface area contributed by atoms with Crippen LogP contribution in [0.2, 0.25) is 10.0 Å². The number of methoxy groups -OCH3 is 1. The third-order valence-corrected chi connectivity index (χ3v) is 5.60. The van der Waals surface area contributed by atoms with Crippen molar-refractivity contribution in [2.45, 2.75) is 0 Å². The zero-order valence-corrected chi connectivity index (χ0v) is 19.3. The molecule has 0 aromatic heterocycles. The van der Waals surface area contributed by atoms with Crippen LogP contribution in [0.4, 0.5) is 0 Å². The zero-order valence-electron chi connectivity index (χ0n) is 17.8. The van der Waals surface area contributed by atoms with Crippen LogP contribution in [0.1, 0.15) is 16.7 Å². The molecule has 0 spiro atoms. The van der Waals surface area contributed by atoms with Gasteiger partial charge in [-0.2, -0.15) is 0 Å². The predicted octanol–water partition coefficient (Wildman–Crippen LogP) is 7.94. The summed E-state index contributed by atoms with van der Waals surface area (Å²) in [6.45, 7) is 0. The first kappa shape index (κ1) is 22.7. The molecule has 4 aromatic carbocycles. The van der Waals surface area contributed by atoms with Gasteiger partial charge in [0.1, 0.15) is 0 Å². The van der Waals surface area contributed by atoms with Gasteiger partial charge < -0.3 is 9.47 Å². The van der Waals surface area contributed by atoms with Crippen molar-refractivity contribution in [3.05, 3.63) is 112 Å². The van der Waals surface area contributed by atoms with E-state index in [2.05, 4.69) is 30.3 Å². The van der Waals surface area contributed by atoms with Crippen molar-refractivity contribution in [2.24, 2.45) is 0 Å². The number of carbonyl (C=O) groups is 1. The van der Waals surface area contributed by atoms with Crippen LogP contribution in [0.5, 0.6) is 11.5 Å². The van der Waals surface area contributed by atoms with Gasteiger partial charge >= 0.3 is 5.97 Å². The minimum Gasteiger partial charge on any atom is -0.493 e. The Hall–Kier alpha value is -3.53. The van der Waals surface area contributed by atoms with Crippen LogP contribution in [0, 0.1) is 0 Å².